The standard InChI is InChI=1S/C16H13FN2O2/c1-10(11-6-8-12(17)9-7-11)21-16(20)15-13-4-2-3-5-14(13)18-19-15/h2-10H,1H3,(H,18,19)/t10-/m0/s1. The Morgan fingerprint density at radius 3 is 2.67 bits per heavy atom. The van der Waals surface area contributed by atoms with Gasteiger partial charge >= 0.3 is 5.97 Å². The minimum atomic E-state index is -0.510. The summed E-state index contributed by atoms with van der Waals surface area (Å²) in [5.74, 6) is -0.833. The first kappa shape index (κ1) is 13.3. The quantitative estimate of drug-likeness (QED) is 0.747. The normalized spacial score (nSPS) is 12.3. The van der Waals surface area contributed by atoms with Gasteiger partial charge < -0.3 is 4.74 Å². The third-order valence-corrected chi connectivity index (χ3v) is 3.29. The van der Waals surface area contributed by atoms with E-state index in [1.807, 2.05) is 18.2 Å². The molecule has 0 aliphatic heterocycles. The van der Waals surface area contributed by atoms with Crippen molar-refractivity contribution in [1.29, 1.82) is 0 Å². The van der Waals surface area contributed by atoms with Crippen LogP contribution in [0.15, 0.2) is 48.5 Å². The molecule has 0 bridgehead atoms. The minimum Gasteiger partial charge on any atom is -0.453 e. The van der Waals surface area contributed by atoms with Crippen molar-refractivity contribution in [3.05, 3.63) is 65.6 Å². The summed E-state index contributed by atoms with van der Waals surface area (Å²) < 4.78 is 18.3. The molecule has 0 unspecified atom stereocenters. The van der Waals surface area contributed by atoms with E-state index in [-0.39, 0.29) is 11.5 Å². The molecule has 0 saturated carbocycles. The van der Waals surface area contributed by atoms with Gasteiger partial charge in [-0.15, -0.1) is 0 Å². The van der Waals surface area contributed by atoms with E-state index in [2.05, 4.69) is 10.2 Å². The van der Waals surface area contributed by atoms with Crippen LogP contribution in [0.25, 0.3) is 10.9 Å². The number of aromatic nitrogens is 2. The molecule has 0 aliphatic carbocycles. The zero-order valence-electron chi connectivity index (χ0n) is 11.3. The number of benzene rings is 2. The number of carbonyl (C=O) groups is 1. The Kier molecular flexibility index (Phi) is 3.39. The number of carbonyl (C=O) groups excluding carboxylic acids is 1. The van der Waals surface area contributed by atoms with Crippen LogP contribution in [0, 0.1) is 5.82 Å². The van der Waals surface area contributed by atoms with E-state index in [0.717, 1.165) is 11.1 Å². The molecule has 0 fully saturated rings. The summed E-state index contributed by atoms with van der Waals surface area (Å²) in [6.07, 6.45) is -0.478. The van der Waals surface area contributed by atoms with Crippen LogP contribution in [-0.2, 0) is 4.74 Å². The highest BCUT2D eigenvalue weighted by molar-refractivity contribution is 6.01. The van der Waals surface area contributed by atoms with Gasteiger partial charge in [0.25, 0.3) is 0 Å². The third kappa shape index (κ3) is 2.63. The zero-order valence-corrected chi connectivity index (χ0v) is 11.3. The smallest absolute Gasteiger partial charge is 0.360 e. The van der Waals surface area contributed by atoms with Crippen LogP contribution in [0.1, 0.15) is 29.1 Å². The van der Waals surface area contributed by atoms with Gasteiger partial charge in [0.15, 0.2) is 5.69 Å². The molecule has 0 radical (unpaired) electrons. The SMILES string of the molecule is C[C@H](OC(=O)c1n[nH]c2ccccc12)c1ccc(F)cc1. The summed E-state index contributed by atoms with van der Waals surface area (Å²) in [6, 6.07) is 13.2. The van der Waals surface area contributed by atoms with E-state index in [1.165, 1.54) is 12.1 Å². The maximum atomic E-state index is 12.9. The average molecular weight is 284 g/mol. The van der Waals surface area contributed by atoms with Crippen LogP contribution in [0.3, 0.4) is 0 Å². The lowest BCUT2D eigenvalue weighted by molar-refractivity contribution is 0.0333. The van der Waals surface area contributed by atoms with Gasteiger partial charge in [0.2, 0.25) is 0 Å². The molecule has 1 heterocycles. The second-order valence-electron chi connectivity index (χ2n) is 4.72. The Morgan fingerprint density at radius 1 is 1.19 bits per heavy atom. The molecule has 106 valence electrons. The summed E-state index contributed by atoms with van der Waals surface area (Å²) in [7, 11) is 0. The maximum Gasteiger partial charge on any atom is 0.360 e. The predicted molar refractivity (Wildman–Crippen MR) is 76.3 cm³/mol. The fraction of sp³-hybridized carbons (Fsp3) is 0.125. The Morgan fingerprint density at radius 2 is 1.90 bits per heavy atom. The fourth-order valence-corrected chi connectivity index (χ4v) is 2.14. The van der Waals surface area contributed by atoms with Crippen LogP contribution in [0.5, 0.6) is 0 Å². The number of aromatic amines is 1. The summed E-state index contributed by atoms with van der Waals surface area (Å²) in [6.45, 7) is 1.74. The highest BCUT2D eigenvalue weighted by atomic mass is 19.1. The van der Waals surface area contributed by atoms with Crippen LogP contribution >= 0.6 is 0 Å². The van der Waals surface area contributed by atoms with Crippen LogP contribution in [0.4, 0.5) is 4.39 Å². The molecule has 5 heteroatoms. The van der Waals surface area contributed by atoms with E-state index >= 15 is 0 Å². The Hall–Kier alpha value is -2.69. The second kappa shape index (κ2) is 5.36. The zero-order chi connectivity index (χ0) is 14.8. The maximum absolute atomic E-state index is 12.9. The van der Waals surface area contributed by atoms with Crippen LogP contribution in [-0.4, -0.2) is 16.2 Å². The first-order valence-electron chi connectivity index (χ1n) is 6.54. The van der Waals surface area contributed by atoms with Gasteiger partial charge in [-0.1, -0.05) is 30.3 Å². The monoisotopic (exact) mass is 284 g/mol. The number of fused-ring (bicyclic) bond motifs is 1. The Balaban J connectivity index is 1.81. The summed E-state index contributed by atoms with van der Waals surface area (Å²) >= 11 is 0. The average Bonchev–Trinajstić information content (AvgIpc) is 2.92. The van der Waals surface area contributed by atoms with E-state index < -0.39 is 12.1 Å². The first-order valence-corrected chi connectivity index (χ1v) is 6.54. The molecule has 3 rings (SSSR count). The van der Waals surface area contributed by atoms with E-state index in [0.29, 0.717) is 5.39 Å². The molecule has 1 N–H and O–H groups in total. The topological polar surface area (TPSA) is 55.0 Å². The fourth-order valence-electron chi connectivity index (χ4n) is 2.14. The number of halogens is 1. The van der Waals surface area contributed by atoms with Gasteiger partial charge in [0.05, 0.1) is 5.52 Å². The number of nitrogens with zero attached hydrogens (tertiary/aromatic N) is 1. The van der Waals surface area contributed by atoms with Gasteiger partial charge in [-0.2, -0.15) is 5.10 Å². The molecule has 0 aliphatic rings. The van der Waals surface area contributed by atoms with Crippen molar-refractivity contribution >= 4 is 16.9 Å². The van der Waals surface area contributed by atoms with Crippen molar-refractivity contribution in [2.45, 2.75) is 13.0 Å². The van der Waals surface area contributed by atoms with Gasteiger partial charge in [-0.3, -0.25) is 5.10 Å². The van der Waals surface area contributed by atoms with Crippen LogP contribution in [0.2, 0.25) is 0 Å². The number of hydrogen-bond donors (Lipinski definition) is 1. The van der Waals surface area contributed by atoms with Gasteiger partial charge in [-0.25, -0.2) is 9.18 Å². The van der Waals surface area contributed by atoms with Gasteiger partial charge in [0, 0.05) is 5.39 Å². The highest BCUT2D eigenvalue weighted by Crippen LogP contribution is 2.21. The number of H-pyrrole nitrogens is 1. The van der Waals surface area contributed by atoms with E-state index in [1.54, 1.807) is 25.1 Å². The molecule has 21 heavy (non-hydrogen) atoms. The molecule has 4 nitrogen and oxygen atoms in total. The lowest BCUT2D eigenvalue weighted by atomic mass is 10.1. The summed E-state index contributed by atoms with van der Waals surface area (Å²) in [5, 5.41) is 7.50. The van der Waals surface area contributed by atoms with Gasteiger partial charge in [-0.05, 0) is 30.7 Å². The molecule has 2 aromatic carbocycles. The van der Waals surface area contributed by atoms with Crippen molar-refractivity contribution in [2.75, 3.05) is 0 Å². The third-order valence-electron chi connectivity index (χ3n) is 3.29. The molecule has 3 aromatic rings. The highest BCUT2D eigenvalue weighted by Gasteiger charge is 2.18. The number of ether oxygens (including phenoxy) is 1. The summed E-state index contributed by atoms with van der Waals surface area (Å²) in [5.41, 5.74) is 1.75. The second-order valence-corrected chi connectivity index (χ2v) is 4.72. The van der Waals surface area contributed by atoms with Crippen molar-refractivity contribution in [1.82, 2.24) is 10.2 Å². The largest absolute Gasteiger partial charge is 0.453 e. The van der Waals surface area contributed by atoms with E-state index in [9.17, 15) is 9.18 Å². The Labute approximate surface area is 120 Å². The van der Waals surface area contributed by atoms with Crippen molar-refractivity contribution in [3.63, 3.8) is 0 Å². The van der Waals surface area contributed by atoms with Crippen LogP contribution < -0.4 is 0 Å². The summed E-state index contributed by atoms with van der Waals surface area (Å²) in [4.78, 5) is 12.2. The number of nitrogens with one attached hydrogen (secondary N) is 1. The molecule has 0 spiro atoms. The van der Waals surface area contributed by atoms with Crippen molar-refractivity contribution in [2.24, 2.45) is 0 Å². The number of para-hydroxylation sites is 1. The predicted octanol–water partition coefficient (Wildman–Crippen LogP) is 3.62. The van der Waals surface area contributed by atoms with Crippen molar-refractivity contribution < 1.29 is 13.9 Å². The number of rotatable bonds is 3. The lowest BCUT2D eigenvalue weighted by Gasteiger charge is -2.12. The molecular formula is C16H13FN2O2. The minimum absolute atomic E-state index is 0.250. The number of hydrogen-bond acceptors (Lipinski definition) is 3. The number of esters is 1. The molecule has 1 atom stereocenters. The molecule has 0 saturated heterocycles. The van der Waals surface area contributed by atoms with Crippen molar-refractivity contribution in [3.8, 4) is 0 Å². The lowest BCUT2D eigenvalue weighted by Crippen LogP contribution is -2.10. The Bertz CT molecular complexity index is 780. The van der Waals surface area contributed by atoms with Gasteiger partial charge in [0.1, 0.15) is 11.9 Å². The molecular weight excluding hydrogens is 271 g/mol. The molecule has 1 aromatic heterocycles. The first-order chi connectivity index (χ1) is 10.1. The molecule has 0 amide bonds. The van der Waals surface area contributed by atoms with E-state index in [4.69, 9.17) is 4.74 Å².